The molecule has 0 unspecified atom stereocenters. The molecule has 1 aliphatic rings. The molecule has 1 saturated heterocycles. The number of carbonyl (C=O) groups is 1. The van der Waals surface area contributed by atoms with E-state index in [-0.39, 0.29) is 6.09 Å². The molecule has 1 amide bonds. The monoisotopic (exact) mass is 262 g/mol. The topological polar surface area (TPSA) is 32.8 Å². The Balaban J connectivity index is 1.96. The van der Waals surface area contributed by atoms with Crippen LogP contribution in [0.4, 0.5) is 4.79 Å². The van der Waals surface area contributed by atoms with E-state index in [4.69, 9.17) is 4.74 Å². The van der Waals surface area contributed by atoms with Crippen LogP contribution < -0.4 is 4.74 Å². The zero-order valence-electron chi connectivity index (χ0n) is 11.8. The summed E-state index contributed by atoms with van der Waals surface area (Å²) in [6, 6.07) is 7.80. The van der Waals surface area contributed by atoms with Crippen molar-refractivity contribution in [3.05, 3.63) is 29.8 Å². The number of ether oxygens (including phenoxy) is 1. The quantitative estimate of drug-likeness (QED) is 0.839. The van der Waals surface area contributed by atoms with Gasteiger partial charge in [0.05, 0.1) is 0 Å². The molecule has 0 saturated carbocycles. The summed E-state index contributed by atoms with van der Waals surface area (Å²) in [6.45, 7) is 3.27. The normalized spacial score (nSPS) is 16.1. The maximum atomic E-state index is 11.5. The van der Waals surface area contributed by atoms with E-state index in [0.717, 1.165) is 6.54 Å². The molecule has 1 aromatic rings. The van der Waals surface area contributed by atoms with Gasteiger partial charge in [-0.15, -0.1) is 0 Å². The fraction of sp³-hybridized carbons (Fsp3) is 0.533. The molecule has 0 atom stereocenters. The van der Waals surface area contributed by atoms with Crippen molar-refractivity contribution < 1.29 is 9.53 Å². The molecule has 0 N–H and O–H groups in total. The standard InChI is InChI=1S/C15H22N2O2/c1-16(2)15(18)19-14-8-6-7-13(11-14)12-17-9-4-3-5-10-17/h6-8,11H,3-5,9-10,12H2,1-2H3. The molecule has 0 aromatic heterocycles. The van der Waals surface area contributed by atoms with Crippen molar-refractivity contribution in [3.8, 4) is 5.75 Å². The number of likely N-dealkylation sites (tertiary alicyclic amines) is 1. The number of rotatable bonds is 3. The van der Waals surface area contributed by atoms with E-state index in [2.05, 4.69) is 11.0 Å². The van der Waals surface area contributed by atoms with Gasteiger partial charge in [-0.25, -0.2) is 4.79 Å². The second kappa shape index (κ2) is 6.57. The van der Waals surface area contributed by atoms with E-state index < -0.39 is 0 Å². The summed E-state index contributed by atoms with van der Waals surface area (Å²) < 4.78 is 5.27. The van der Waals surface area contributed by atoms with E-state index >= 15 is 0 Å². The van der Waals surface area contributed by atoms with Crippen LogP contribution >= 0.6 is 0 Å². The minimum Gasteiger partial charge on any atom is -0.410 e. The summed E-state index contributed by atoms with van der Waals surface area (Å²) in [6.07, 6.45) is 3.58. The fourth-order valence-electron chi connectivity index (χ4n) is 2.28. The smallest absolute Gasteiger partial charge is 0.410 e. The van der Waals surface area contributed by atoms with Crippen LogP contribution in [0.2, 0.25) is 0 Å². The van der Waals surface area contributed by atoms with Gasteiger partial charge >= 0.3 is 6.09 Å². The van der Waals surface area contributed by atoms with Crippen molar-refractivity contribution in [1.82, 2.24) is 9.80 Å². The second-order valence-electron chi connectivity index (χ2n) is 5.25. The number of carbonyl (C=O) groups excluding carboxylic acids is 1. The summed E-state index contributed by atoms with van der Waals surface area (Å²) in [5, 5.41) is 0. The van der Waals surface area contributed by atoms with Crippen LogP contribution in [0, 0.1) is 0 Å². The molecule has 1 aliphatic heterocycles. The van der Waals surface area contributed by atoms with Crippen LogP contribution in [0.3, 0.4) is 0 Å². The van der Waals surface area contributed by atoms with E-state index in [1.165, 1.54) is 42.8 Å². The van der Waals surface area contributed by atoms with E-state index in [0.29, 0.717) is 5.75 Å². The number of nitrogens with zero attached hydrogens (tertiary/aromatic N) is 2. The zero-order valence-corrected chi connectivity index (χ0v) is 11.8. The molecular weight excluding hydrogens is 240 g/mol. The first kappa shape index (κ1) is 13.9. The molecule has 19 heavy (non-hydrogen) atoms. The highest BCUT2D eigenvalue weighted by atomic mass is 16.6. The van der Waals surface area contributed by atoms with Crippen molar-refractivity contribution in [2.75, 3.05) is 27.2 Å². The third-order valence-corrected chi connectivity index (χ3v) is 3.32. The van der Waals surface area contributed by atoms with Crippen molar-refractivity contribution >= 4 is 6.09 Å². The molecule has 1 aromatic carbocycles. The fourth-order valence-corrected chi connectivity index (χ4v) is 2.28. The molecule has 4 heteroatoms. The molecule has 0 spiro atoms. The van der Waals surface area contributed by atoms with Gasteiger partial charge in [0.25, 0.3) is 0 Å². The lowest BCUT2D eigenvalue weighted by molar-refractivity contribution is 0.171. The number of hydrogen-bond donors (Lipinski definition) is 0. The van der Waals surface area contributed by atoms with Gasteiger partial charge in [0.2, 0.25) is 0 Å². The van der Waals surface area contributed by atoms with E-state index in [1.54, 1.807) is 14.1 Å². The van der Waals surface area contributed by atoms with Crippen molar-refractivity contribution in [2.24, 2.45) is 0 Å². The maximum absolute atomic E-state index is 11.5. The Hall–Kier alpha value is -1.55. The average Bonchev–Trinajstić information content (AvgIpc) is 2.40. The molecule has 4 nitrogen and oxygen atoms in total. The number of hydrogen-bond acceptors (Lipinski definition) is 3. The molecule has 1 heterocycles. The van der Waals surface area contributed by atoms with Crippen molar-refractivity contribution in [3.63, 3.8) is 0 Å². The van der Waals surface area contributed by atoms with Gasteiger partial charge in [-0.1, -0.05) is 18.6 Å². The first-order chi connectivity index (χ1) is 9.15. The molecule has 2 rings (SSSR count). The largest absolute Gasteiger partial charge is 0.414 e. The zero-order chi connectivity index (χ0) is 13.7. The van der Waals surface area contributed by atoms with Crippen molar-refractivity contribution in [1.29, 1.82) is 0 Å². The first-order valence-corrected chi connectivity index (χ1v) is 6.85. The van der Waals surface area contributed by atoms with Crippen LogP contribution in [0.15, 0.2) is 24.3 Å². The Kier molecular flexibility index (Phi) is 4.80. The molecule has 0 aliphatic carbocycles. The summed E-state index contributed by atoms with van der Waals surface area (Å²) in [5.74, 6) is 0.619. The average molecular weight is 262 g/mol. The van der Waals surface area contributed by atoms with Gasteiger partial charge in [0.1, 0.15) is 5.75 Å². The van der Waals surface area contributed by atoms with Crippen molar-refractivity contribution in [2.45, 2.75) is 25.8 Å². The Morgan fingerprint density at radius 3 is 2.68 bits per heavy atom. The van der Waals surface area contributed by atoms with Gasteiger partial charge < -0.3 is 9.64 Å². The van der Waals surface area contributed by atoms with Gasteiger partial charge in [0, 0.05) is 20.6 Å². The molecule has 0 bridgehead atoms. The highest BCUT2D eigenvalue weighted by Gasteiger charge is 2.11. The summed E-state index contributed by atoms with van der Waals surface area (Å²) in [7, 11) is 3.36. The Labute approximate surface area is 115 Å². The summed E-state index contributed by atoms with van der Waals surface area (Å²) in [4.78, 5) is 15.4. The molecule has 104 valence electrons. The minimum atomic E-state index is -0.338. The van der Waals surface area contributed by atoms with Gasteiger partial charge in [-0.3, -0.25) is 4.90 Å². The lowest BCUT2D eigenvalue weighted by Gasteiger charge is -2.26. The predicted molar refractivity (Wildman–Crippen MR) is 75.3 cm³/mol. The Bertz CT molecular complexity index is 426. The van der Waals surface area contributed by atoms with Gasteiger partial charge in [-0.05, 0) is 43.6 Å². The van der Waals surface area contributed by atoms with Gasteiger partial charge in [0.15, 0.2) is 0 Å². The van der Waals surface area contributed by atoms with Crippen LogP contribution in [-0.4, -0.2) is 43.1 Å². The molecule has 1 fully saturated rings. The first-order valence-electron chi connectivity index (χ1n) is 6.85. The maximum Gasteiger partial charge on any atom is 0.414 e. The van der Waals surface area contributed by atoms with Gasteiger partial charge in [-0.2, -0.15) is 0 Å². The number of piperidine rings is 1. The van der Waals surface area contributed by atoms with E-state index in [1.807, 2.05) is 18.2 Å². The predicted octanol–water partition coefficient (Wildman–Crippen LogP) is 2.73. The molecule has 0 radical (unpaired) electrons. The Morgan fingerprint density at radius 2 is 2.00 bits per heavy atom. The minimum absolute atomic E-state index is 0.338. The van der Waals surface area contributed by atoms with E-state index in [9.17, 15) is 4.79 Å². The third kappa shape index (κ3) is 4.24. The second-order valence-corrected chi connectivity index (χ2v) is 5.25. The SMILES string of the molecule is CN(C)C(=O)Oc1cccc(CN2CCCCC2)c1. The molecular formula is C15H22N2O2. The highest BCUT2D eigenvalue weighted by molar-refractivity contribution is 5.69. The number of amides is 1. The van der Waals surface area contributed by atoms with Crippen LogP contribution in [-0.2, 0) is 6.54 Å². The van der Waals surface area contributed by atoms with Crippen LogP contribution in [0.25, 0.3) is 0 Å². The highest BCUT2D eigenvalue weighted by Crippen LogP contribution is 2.18. The summed E-state index contributed by atoms with van der Waals surface area (Å²) in [5.41, 5.74) is 1.20. The lowest BCUT2D eigenvalue weighted by Crippen LogP contribution is -2.29. The Morgan fingerprint density at radius 1 is 1.26 bits per heavy atom. The van der Waals surface area contributed by atoms with Crippen LogP contribution in [0.1, 0.15) is 24.8 Å². The number of benzene rings is 1. The third-order valence-electron chi connectivity index (χ3n) is 3.32. The lowest BCUT2D eigenvalue weighted by atomic mass is 10.1. The van der Waals surface area contributed by atoms with Crippen LogP contribution in [0.5, 0.6) is 5.75 Å². The summed E-state index contributed by atoms with van der Waals surface area (Å²) >= 11 is 0.